The molecule has 4 heteroatoms. The third kappa shape index (κ3) is 1.33. The van der Waals surface area contributed by atoms with Crippen LogP contribution in [0.5, 0.6) is 0 Å². The minimum absolute atomic E-state index is 0.148. The fourth-order valence-corrected chi connectivity index (χ4v) is 2.34. The van der Waals surface area contributed by atoms with E-state index in [1.807, 2.05) is 18.7 Å². The van der Waals surface area contributed by atoms with Crippen LogP contribution in [0.15, 0.2) is 0 Å². The van der Waals surface area contributed by atoms with Crippen molar-refractivity contribution in [2.24, 2.45) is 0 Å². The van der Waals surface area contributed by atoms with Crippen LogP contribution in [0.1, 0.15) is 26.7 Å². The van der Waals surface area contributed by atoms with Gasteiger partial charge in [-0.3, -0.25) is 10.1 Å². The first-order chi connectivity index (χ1) is 6.60. The third-order valence-electron chi connectivity index (χ3n) is 3.18. The van der Waals surface area contributed by atoms with Crippen molar-refractivity contribution in [2.75, 3.05) is 13.7 Å². The molecule has 1 heterocycles. The zero-order valence-corrected chi connectivity index (χ0v) is 9.04. The molecule has 2 fully saturated rings. The number of carbonyl (C=O) groups excluding carboxylic acids is 1. The van der Waals surface area contributed by atoms with Crippen LogP contribution < -0.4 is 5.32 Å². The minimum atomic E-state index is -0.193. The number of ether oxygens (including phenoxy) is 1. The lowest BCUT2D eigenvalue weighted by Crippen LogP contribution is -2.43. The van der Waals surface area contributed by atoms with E-state index in [9.17, 15) is 4.79 Å². The second-order valence-electron chi connectivity index (χ2n) is 4.42. The third-order valence-corrected chi connectivity index (χ3v) is 3.18. The number of nitrogens with zero attached hydrogens (tertiary/aromatic N) is 1. The number of methoxy groups -OCH3 is 1. The van der Waals surface area contributed by atoms with E-state index in [1.165, 1.54) is 0 Å². The molecule has 1 spiro atoms. The summed E-state index contributed by atoms with van der Waals surface area (Å²) in [5.41, 5.74) is -0.193. The summed E-state index contributed by atoms with van der Waals surface area (Å²) in [5.74, 6) is 0.259. The van der Waals surface area contributed by atoms with Gasteiger partial charge in [0.15, 0.2) is 0 Å². The van der Waals surface area contributed by atoms with Crippen molar-refractivity contribution in [3.8, 4) is 0 Å². The normalized spacial score (nSPS) is 31.2. The Morgan fingerprint density at radius 1 is 1.71 bits per heavy atom. The van der Waals surface area contributed by atoms with E-state index in [0.29, 0.717) is 6.61 Å². The number of rotatable bonds is 3. The average Bonchev–Trinajstić information content (AvgIpc) is 2.81. The van der Waals surface area contributed by atoms with Crippen LogP contribution in [0.25, 0.3) is 0 Å². The SMILES string of the molecule is COCC(C)N1C(=O)C2(CC2)NC1C. The van der Waals surface area contributed by atoms with Crippen LogP contribution in [0.2, 0.25) is 0 Å². The molecule has 1 aliphatic carbocycles. The van der Waals surface area contributed by atoms with Crippen molar-refractivity contribution in [3.05, 3.63) is 0 Å². The lowest BCUT2D eigenvalue weighted by molar-refractivity contribution is -0.133. The molecule has 0 aromatic carbocycles. The molecule has 2 atom stereocenters. The largest absolute Gasteiger partial charge is 0.383 e. The van der Waals surface area contributed by atoms with Gasteiger partial charge in [0, 0.05) is 7.11 Å². The van der Waals surface area contributed by atoms with Crippen molar-refractivity contribution < 1.29 is 9.53 Å². The molecule has 1 saturated heterocycles. The number of hydrogen-bond acceptors (Lipinski definition) is 3. The van der Waals surface area contributed by atoms with Crippen molar-refractivity contribution in [1.29, 1.82) is 0 Å². The lowest BCUT2D eigenvalue weighted by atomic mass is 10.2. The van der Waals surface area contributed by atoms with E-state index >= 15 is 0 Å². The molecule has 1 amide bonds. The van der Waals surface area contributed by atoms with Crippen molar-refractivity contribution >= 4 is 5.91 Å². The minimum Gasteiger partial charge on any atom is -0.383 e. The van der Waals surface area contributed by atoms with Gasteiger partial charge in [-0.25, -0.2) is 0 Å². The maximum atomic E-state index is 12.0. The van der Waals surface area contributed by atoms with Gasteiger partial charge in [0.25, 0.3) is 0 Å². The Hall–Kier alpha value is -0.610. The predicted octanol–water partition coefficient (Wildman–Crippen LogP) is 0.332. The Morgan fingerprint density at radius 3 is 2.79 bits per heavy atom. The Kier molecular flexibility index (Phi) is 2.27. The van der Waals surface area contributed by atoms with E-state index in [4.69, 9.17) is 4.74 Å². The highest BCUT2D eigenvalue weighted by Gasteiger charge is 2.58. The molecular formula is C10H18N2O2. The monoisotopic (exact) mass is 198 g/mol. The first-order valence-corrected chi connectivity index (χ1v) is 5.20. The molecule has 0 aromatic rings. The standard InChI is InChI=1S/C10H18N2O2/c1-7(6-14-3)12-8(2)11-10(4-5-10)9(12)13/h7-8,11H,4-6H2,1-3H3. The maximum absolute atomic E-state index is 12.0. The molecule has 1 saturated carbocycles. The Morgan fingerprint density at radius 2 is 2.36 bits per heavy atom. The molecule has 0 aromatic heterocycles. The van der Waals surface area contributed by atoms with Gasteiger partial charge >= 0.3 is 0 Å². The molecular weight excluding hydrogens is 180 g/mol. The van der Waals surface area contributed by atoms with Crippen LogP contribution in [0.3, 0.4) is 0 Å². The summed E-state index contributed by atoms with van der Waals surface area (Å²) < 4.78 is 5.08. The summed E-state index contributed by atoms with van der Waals surface area (Å²) in [6.07, 6.45) is 2.13. The van der Waals surface area contributed by atoms with Crippen molar-refractivity contribution in [2.45, 2.75) is 44.4 Å². The highest BCUT2D eigenvalue weighted by atomic mass is 16.5. The van der Waals surface area contributed by atoms with Gasteiger partial charge in [-0.15, -0.1) is 0 Å². The van der Waals surface area contributed by atoms with Crippen LogP contribution in [0.4, 0.5) is 0 Å². The molecule has 0 radical (unpaired) electrons. The summed E-state index contributed by atoms with van der Waals surface area (Å²) >= 11 is 0. The zero-order valence-electron chi connectivity index (χ0n) is 9.04. The van der Waals surface area contributed by atoms with E-state index < -0.39 is 0 Å². The topological polar surface area (TPSA) is 41.6 Å². The Bertz CT molecular complexity index is 251. The average molecular weight is 198 g/mol. The van der Waals surface area contributed by atoms with Crippen LogP contribution in [0, 0.1) is 0 Å². The molecule has 2 aliphatic rings. The Balaban J connectivity index is 2.07. The van der Waals surface area contributed by atoms with Crippen LogP contribution in [-0.2, 0) is 9.53 Å². The lowest BCUT2D eigenvalue weighted by Gasteiger charge is -2.27. The number of carbonyl (C=O) groups is 1. The van der Waals surface area contributed by atoms with Crippen molar-refractivity contribution in [1.82, 2.24) is 10.2 Å². The predicted molar refractivity (Wildman–Crippen MR) is 52.7 cm³/mol. The smallest absolute Gasteiger partial charge is 0.244 e. The van der Waals surface area contributed by atoms with Gasteiger partial charge in [-0.2, -0.15) is 0 Å². The number of hydrogen-bond donors (Lipinski definition) is 1. The van der Waals surface area contributed by atoms with Crippen LogP contribution in [-0.4, -0.2) is 42.3 Å². The molecule has 80 valence electrons. The molecule has 2 rings (SSSR count). The van der Waals surface area contributed by atoms with Gasteiger partial charge in [0.1, 0.15) is 0 Å². The zero-order chi connectivity index (χ0) is 10.3. The van der Waals surface area contributed by atoms with E-state index in [2.05, 4.69) is 5.32 Å². The van der Waals surface area contributed by atoms with Crippen LogP contribution >= 0.6 is 0 Å². The summed E-state index contributed by atoms with van der Waals surface area (Å²) in [4.78, 5) is 13.9. The van der Waals surface area contributed by atoms with Crippen molar-refractivity contribution in [3.63, 3.8) is 0 Å². The molecule has 1 N–H and O–H groups in total. The fourth-order valence-electron chi connectivity index (χ4n) is 2.34. The summed E-state index contributed by atoms with van der Waals surface area (Å²) in [7, 11) is 1.67. The van der Waals surface area contributed by atoms with Gasteiger partial charge in [0.2, 0.25) is 5.91 Å². The molecule has 0 bridgehead atoms. The first-order valence-electron chi connectivity index (χ1n) is 5.20. The molecule has 14 heavy (non-hydrogen) atoms. The van der Waals surface area contributed by atoms with E-state index in [1.54, 1.807) is 7.11 Å². The van der Waals surface area contributed by atoms with Gasteiger partial charge in [0.05, 0.1) is 24.4 Å². The van der Waals surface area contributed by atoms with E-state index in [-0.39, 0.29) is 23.7 Å². The second-order valence-corrected chi connectivity index (χ2v) is 4.42. The number of nitrogens with one attached hydrogen (secondary N) is 1. The molecule has 4 nitrogen and oxygen atoms in total. The fraction of sp³-hybridized carbons (Fsp3) is 0.900. The number of amides is 1. The quantitative estimate of drug-likeness (QED) is 0.710. The van der Waals surface area contributed by atoms with Gasteiger partial charge in [-0.05, 0) is 26.7 Å². The first kappa shape index (κ1) is 9.93. The maximum Gasteiger partial charge on any atom is 0.244 e. The summed E-state index contributed by atoms with van der Waals surface area (Å²) in [6, 6.07) is 0.162. The second kappa shape index (κ2) is 3.21. The van der Waals surface area contributed by atoms with Gasteiger partial charge < -0.3 is 9.64 Å². The highest BCUT2D eigenvalue weighted by molar-refractivity contribution is 5.92. The van der Waals surface area contributed by atoms with Gasteiger partial charge in [-0.1, -0.05) is 0 Å². The molecule has 1 aliphatic heterocycles. The molecule has 2 unspecified atom stereocenters. The summed E-state index contributed by atoms with van der Waals surface area (Å²) in [5, 5.41) is 3.36. The summed E-state index contributed by atoms with van der Waals surface area (Å²) in [6.45, 7) is 4.67. The highest BCUT2D eigenvalue weighted by Crippen LogP contribution is 2.42. The Labute approximate surface area is 84.6 Å². The van der Waals surface area contributed by atoms with E-state index in [0.717, 1.165) is 12.8 Å².